The van der Waals surface area contributed by atoms with Crippen LogP contribution < -0.4 is 26.6 Å². The lowest BCUT2D eigenvalue weighted by Gasteiger charge is -2.22. The van der Waals surface area contributed by atoms with E-state index in [1.54, 1.807) is 38.3 Å². The molecule has 1 unspecified atom stereocenters. The van der Waals surface area contributed by atoms with Crippen LogP contribution in [0, 0.1) is 5.82 Å². The predicted octanol–water partition coefficient (Wildman–Crippen LogP) is 2.95. The molecule has 0 saturated carbocycles. The molecule has 1 aliphatic heterocycles. The molecule has 158 valence electrons. The number of hydrogen-bond acceptors (Lipinski definition) is 5. The quantitative estimate of drug-likeness (QED) is 0.397. The number of benzene rings is 2. The van der Waals surface area contributed by atoms with Gasteiger partial charge in [0.2, 0.25) is 5.76 Å². The fraction of sp³-hybridized carbons (Fsp3) is 0.150. The lowest BCUT2D eigenvalue weighted by atomic mass is 10.1. The lowest BCUT2D eigenvalue weighted by Crippen LogP contribution is -2.94. The zero-order chi connectivity index (χ0) is 21.8. The van der Waals surface area contributed by atoms with Crippen molar-refractivity contribution in [1.29, 1.82) is 0 Å². The highest BCUT2D eigenvalue weighted by Gasteiger charge is 2.25. The van der Waals surface area contributed by atoms with Gasteiger partial charge in [0.1, 0.15) is 17.7 Å². The number of carbonyl (C=O) groups excluding carboxylic acids is 1. The van der Waals surface area contributed by atoms with E-state index in [1.165, 1.54) is 23.6 Å². The Labute approximate surface area is 182 Å². The molecule has 10 heteroatoms. The number of rotatable bonds is 6. The summed E-state index contributed by atoms with van der Waals surface area (Å²) < 4.78 is 24.8. The fourth-order valence-corrected chi connectivity index (χ4v) is 3.43. The van der Waals surface area contributed by atoms with Gasteiger partial charge in [-0.25, -0.2) is 9.82 Å². The third-order valence-corrected chi connectivity index (χ3v) is 5.04. The zero-order valence-corrected chi connectivity index (χ0v) is 17.6. The van der Waals surface area contributed by atoms with Crippen LogP contribution >= 0.6 is 23.2 Å². The maximum absolute atomic E-state index is 13.8. The molecule has 3 rings (SSSR count). The summed E-state index contributed by atoms with van der Waals surface area (Å²) in [5.41, 5.74) is 11.3. The minimum absolute atomic E-state index is 0.131. The smallest absolute Gasteiger partial charge is 0.277 e. The second kappa shape index (κ2) is 9.25. The molecule has 1 atom stereocenters. The maximum Gasteiger partial charge on any atom is 0.277 e. The summed E-state index contributed by atoms with van der Waals surface area (Å²) in [5, 5.41) is 2.88. The molecule has 0 aromatic heterocycles. The number of allylic oxidation sites excluding steroid dienone is 1. The van der Waals surface area contributed by atoms with E-state index < -0.39 is 17.8 Å². The summed E-state index contributed by atoms with van der Waals surface area (Å²) in [6, 6.07) is 9.45. The van der Waals surface area contributed by atoms with E-state index in [-0.39, 0.29) is 32.9 Å². The predicted molar refractivity (Wildman–Crippen MR) is 112 cm³/mol. The number of quaternary nitrogens is 1. The summed E-state index contributed by atoms with van der Waals surface area (Å²) in [5.74, 6) is 0.135. The second-order valence-corrected chi connectivity index (χ2v) is 7.15. The van der Waals surface area contributed by atoms with Crippen molar-refractivity contribution in [1.82, 2.24) is 5.43 Å². The third-order valence-electron chi connectivity index (χ3n) is 4.33. The molecule has 1 aliphatic rings. The molecule has 7 nitrogen and oxygen atoms in total. The average molecular weight is 454 g/mol. The first kappa shape index (κ1) is 21.8. The Hall–Kier alpha value is -2.94. The minimum atomic E-state index is -0.720. The van der Waals surface area contributed by atoms with Gasteiger partial charge >= 0.3 is 0 Å². The van der Waals surface area contributed by atoms with Crippen LogP contribution in [0.25, 0.3) is 0 Å². The van der Waals surface area contributed by atoms with Crippen LogP contribution in [0.1, 0.15) is 18.6 Å². The van der Waals surface area contributed by atoms with Gasteiger partial charge in [-0.15, -0.1) is 0 Å². The van der Waals surface area contributed by atoms with Crippen molar-refractivity contribution in [2.75, 3.05) is 12.4 Å². The number of nitrogens with one attached hydrogen (secondary N) is 2. The van der Waals surface area contributed by atoms with E-state index >= 15 is 0 Å². The van der Waals surface area contributed by atoms with E-state index in [0.29, 0.717) is 11.4 Å². The molecule has 0 radical (unpaired) electrons. The number of methoxy groups -OCH3 is 1. The second-order valence-electron chi connectivity index (χ2n) is 6.37. The van der Waals surface area contributed by atoms with Gasteiger partial charge in [0.25, 0.3) is 11.7 Å². The molecule has 6 N–H and O–H groups in total. The standard InChI is InChI=1S/C20H19Cl2FN4O3/c1-10(17-13(21)7-8-14(23)18(17)22)30-16-9-15(26-27-19(16)24)20(28)25-11-3-5-12(29-2)6-4-11/h3-10,26-27H,24H2,1-2H3,(H,25,28)/p+1. The highest BCUT2D eigenvalue weighted by atomic mass is 35.5. The van der Waals surface area contributed by atoms with Gasteiger partial charge in [-0.1, -0.05) is 23.2 Å². The first-order valence-electron chi connectivity index (χ1n) is 8.86. The highest BCUT2D eigenvalue weighted by Crippen LogP contribution is 2.35. The molecule has 30 heavy (non-hydrogen) atoms. The van der Waals surface area contributed by atoms with Crippen LogP contribution in [0.3, 0.4) is 0 Å². The molecule has 0 bridgehead atoms. The van der Waals surface area contributed by atoms with Crippen LogP contribution in [0.15, 0.2) is 59.8 Å². The van der Waals surface area contributed by atoms with Crippen LogP contribution in [0.4, 0.5) is 10.1 Å². The minimum Gasteiger partial charge on any atom is -0.497 e. The number of carbonyl (C=O) groups is 1. The van der Waals surface area contributed by atoms with Crippen molar-refractivity contribution in [3.05, 3.63) is 81.2 Å². The monoisotopic (exact) mass is 453 g/mol. The Bertz CT molecular complexity index is 1030. The maximum atomic E-state index is 13.8. The number of anilines is 1. The summed E-state index contributed by atoms with van der Waals surface area (Å²) in [4.78, 5) is 12.6. The average Bonchev–Trinajstić information content (AvgIpc) is 2.73. The highest BCUT2D eigenvalue weighted by molar-refractivity contribution is 6.36. The van der Waals surface area contributed by atoms with Crippen LogP contribution in [0.5, 0.6) is 5.75 Å². The Morgan fingerprint density at radius 3 is 2.60 bits per heavy atom. The van der Waals surface area contributed by atoms with Crippen molar-refractivity contribution >= 4 is 34.8 Å². The Morgan fingerprint density at radius 2 is 1.93 bits per heavy atom. The SMILES string of the molecule is COc1ccc(NC(=O)C2=CC(OC(C)c3c(Cl)ccc(F)c3Cl)=C(N)[NH2+]N2)cc1. The number of halogens is 3. The van der Waals surface area contributed by atoms with Gasteiger partial charge in [-0.3, -0.25) is 4.79 Å². The van der Waals surface area contributed by atoms with Gasteiger partial charge in [0.15, 0.2) is 5.70 Å². The first-order chi connectivity index (χ1) is 14.3. The van der Waals surface area contributed by atoms with Gasteiger partial charge < -0.3 is 20.5 Å². The van der Waals surface area contributed by atoms with Crippen molar-refractivity contribution in [3.63, 3.8) is 0 Å². The molecular weight excluding hydrogens is 434 g/mol. The van der Waals surface area contributed by atoms with Crippen LogP contribution in [-0.4, -0.2) is 13.0 Å². The van der Waals surface area contributed by atoms with Gasteiger partial charge in [0, 0.05) is 22.3 Å². The van der Waals surface area contributed by atoms with Crippen molar-refractivity contribution in [2.24, 2.45) is 5.73 Å². The molecule has 2 aromatic carbocycles. The van der Waals surface area contributed by atoms with Gasteiger partial charge in [-0.05, 0) is 43.3 Å². The topological polar surface area (TPSA) is 102 Å². The lowest BCUT2D eigenvalue weighted by molar-refractivity contribution is -0.662. The van der Waals surface area contributed by atoms with Crippen molar-refractivity contribution < 1.29 is 24.1 Å². The van der Waals surface area contributed by atoms with E-state index in [9.17, 15) is 9.18 Å². The molecule has 0 fully saturated rings. The summed E-state index contributed by atoms with van der Waals surface area (Å²) >= 11 is 12.2. The van der Waals surface area contributed by atoms with E-state index in [1.807, 2.05) is 0 Å². The largest absolute Gasteiger partial charge is 0.497 e. The molecule has 0 spiro atoms. The Kier molecular flexibility index (Phi) is 6.71. The molecule has 0 saturated heterocycles. The summed E-state index contributed by atoms with van der Waals surface area (Å²) in [7, 11) is 1.56. The molecule has 2 aromatic rings. The summed E-state index contributed by atoms with van der Waals surface area (Å²) in [6.07, 6.45) is 0.731. The number of amides is 1. The molecule has 0 aliphatic carbocycles. The number of ether oxygens (including phenoxy) is 2. The van der Waals surface area contributed by atoms with Crippen LogP contribution in [-0.2, 0) is 9.53 Å². The third kappa shape index (κ3) is 4.79. The fourth-order valence-electron chi connectivity index (χ4n) is 2.75. The van der Waals surface area contributed by atoms with Crippen LogP contribution in [0.2, 0.25) is 10.0 Å². The van der Waals surface area contributed by atoms with E-state index in [0.717, 1.165) is 0 Å². The van der Waals surface area contributed by atoms with Gasteiger partial charge in [-0.2, -0.15) is 5.43 Å². The first-order valence-corrected chi connectivity index (χ1v) is 9.62. The normalized spacial score (nSPS) is 14.5. The van der Waals surface area contributed by atoms with E-state index in [4.69, 9.17) is 38.4 Å². The Morgan fingerprint density at radius 1 is 1.23 bits per heavy atom. The zero-order valence-electron chi connectivity index (χ0n) is 16.1. The van der Waals surface area contributed by atoms with Crippen molar-refractivity contribution in [2.45, 2.75) is 13.0 Å². The molecule has 1 heterocycles. The Balaban J connectivity index is 1.77. The van der Waals surface area contributed by atoms with Gasteiger partial charge in [0.05, 0.1) is 12.1 Å². The molecular formula is C20H20Cl2FN4O3+. The number of hydrogen-bond donors (Lipinski definition) is 4. The summed E-state index contributed by atoms with van der Waals surface area (Å²) in [6.45, 7) is 1.65. The number of nitrogens with two attached hydrogens (primary N) is 2. The van der Waals surface area contributed by atoms with E-state index in [2.05, 4.69) is 10.7 Å². The van der Waals surface area contributed by atoms with Crippen molar-refractivity contribution in [3.8, 4) is 5.75 Å². The molecule has 1 amide bonds.